The van der Waals surface area contributed by atoms with Crippen molar-refractivity contribution < 1.29 is 33.7 Å². The van der Waals surface area contributed by atoms with Crippen LogP contribution in [-0.4, -0.2) is 46.7 Å². The Kier molecular flexibility index (Phi) is 4.55. The van der Waals surface area contributed by atoms with Crippen molar-refractivity contribution in [2.24, 2.45) is 10.2 Å². The zero-order valence-corrected chi connectivity index (χ0v) is 14.0. The third-order valence-corrected chi connectivity index (χ3v) is 3.90. The molecule has 2 saturated heterocycles. The van der Waals surface area contributed by atoms with E-state index in [4.69, 9.17) is 0 Å². The molecule has 2 aliphatic rings. The molecule has 0 spiro atoms. The molecule has 0 aliphatic carbocycles. The molecule has 2 heterocycles. The van der Waals surface area contributed by atoms with Gasteiger partial charge in [-0.25, -0.2) is 9.59 Å². The minimum absolute atomic E-state index is 0.234. The second-order valence-electron chi connectivity index (χ2n) is 5.68. The Morgan fingerprint density at radius 3 is 1.79 bits per heavy atom. The first-order chi connectivity index (χ1) is 13.6. The van der Waals surface area contributed by atoms with Crippen LogP contribution in [0, 0.1) is 10.1 Å². The lowest BCUT2D eigenvalue weighted by Gasteiger charge is -2.30. The molecule has 2 aliphatic heterocycles. The highest BCUT2D eigenvalue weighted by atomic mass is 16.6. The van der Waals surface area contributed by atoms with Crippen LogP contribution in [0.5, 0.6) is 0 Å². The zero-order valence-electron chi connectivity index (χ0n) is 14.0. The van der Waals surface area contributed by atoms with Crippen LogP contribution in [0.4, 0.5) is 15.3 Å². The predicted octanol–water partition coefficient (Wildman–Crippen LogP) is -1.66. The van der Waals surface area contributed by atoms with Gasteiger partial charge in [-0.2, -0.15) is 10.2 Å². The van der Waals surface area contributed by atoms with E-state index in [1.54, 1.807) is 21.3 Å². The number of benzene rings is 1. The van der Waals surface area contributed by atoms with E-state index in [-0.39, 0.29) is 11.3 Å². The molecule has 15 nitrogen and oxygen atoms in total. The topological polar surface area (TPSA) is 218 Å². The highest BCUT2D eigenvalue weighted by Gasteiger charge is 2.53. The van der Waals surface area contributed by atoms with Crippen molar-refractivity contribution in [3.63, 3.8) is 0 Å². The average Bonchev–Trinajstić information content (AvgIpc) is 2.63. The summed E-state index contributed by atoms with van der Waals surface area (Å²) < 4.78 is 0. The molecule has 0 aromatic heterocycles. The van der Waals surface area contributed by atoms with Gasteiger partial charge in [0.05, 0.1) is 4.92 Å². The molecule has 0 bridgehead atoms. The predicted molar refractivity (Wildman–Crippen MR) is 86.8 cm³/mol. The first-order valence-corrected chi connectivity index (χ1v) is 7.64. The van der Waals surface area contributed by atoms with Crippen LogP contribution in [-0.2, 0) is 24.7 Å². The van der Waals surface area contributed by atoms with Gasteiger partial charge >= 0.3 is 12.1 Å². The van der Waals surface area contributed by atoms with Crippen molar-refractivity contribution in [2.45, 2.75) is 11.6 Å². The molecule has 0 unspecified atom stereocenters. The molecule has 0 radical (unpaired) electrons. The van der Waals surface area contributed by atoms with Crippen LogP contribution in [0.25, 0.3) is 0 Å². The van der Waals surface area contributed by atoms with Gasteiger partial charge in [0.2, 0.25) is 6.04 Å². The molecule has 4 N–H and O–H groups in total. The summed E-state index contributed by atoms with van der Waals surface area (Å²) in [5.74, 6) is -4.85. The summed E-state index contributed by atoms with van der Waals surface area (Å²) in [5, 5.41) is 24.9. The molecule has 3 rings (SSSR count). The Hall–Kier alpha value is -4.56. The summed E-state index contributed by atoms with van der Waals surface area (Å²) >= 11 is 0. The highest BCUT2D eigenvalue weighted by Crippen LogP contribution is 2.31. The summed E-state index contributed by atoms with van der Waals surface area (Å²) in [6.45, 7) is 0. The Bertz CT molecular complexity index is 975. The number of carbonyl (C=O) groups excluding carboxylic acids is 6. The molecular formula is C14H9N7O8. The number of nitrogens with zero attached hydrogens (tertiary/aromatic N) is 3. The second kappa shape index (κ2) is 6.87. The van der Waals surface area contributed by atoms with Gasteiger partial charge in [0, 0.05) is 17.7 Å². The van der Waals surface area contributed by atoms with Crippen LogP contribution < -0.4 is 21.3 Å². The van der Waals surface area contributed by atoms with E-state index in [1.165, 1.54) is 0 Å². The number of amides is 8. The van der Waals surface area contributed by atoms with Gasteiger partial charge in [-0.3, -0.25) is 50.6 Å². The van der Waals surface area contributed by atoms with Crippen molar-refractivity contribution in [3.05, 3.63) is 39.9 Å². The van der Waals surface area contributed by atoms with E-state index < -0.39 is 52.2 Å². The van der Waals surface area contributed by atoms with Crippen LogP contribution >= 0.6 is 0 Å². The Morgan fingerprint density at radius 1 is 0.828 bits per heavy atom. The van der Waals surface area contributed by atoms with E-state index >= 15 is 0 Å². The number of nitro groups is 1. The number of urea groups is 2. The molecule has 2 fully saturated rings. The molecule has 8 amide bonds. The number of rotatable bonds is 4. The first-order valence-electron chi connectivity index (χ1n) is 7.64. The highest BCUT2D eigenvalue weighted by molar-refractivity contribution is 6.23. The molecule has 148 valence electrons. The van der Waals surface area contributed by atoms with Crippen molar-refractivity contribution in [3.8, 4) is 0 Å². The first kappa shape index (κ1) is 19.2. The van der Waals surface area contributed by atoms with Gasteiger partial charge in [-0.05, 0) is 12.1 Å². The lowest BCUT2D eigenvalue weighted by molar-refractivity contribution is -0.384. The van der Waals surface area contributed by atoms with Crippen LogP contribution in [0.15, 0.2) is 34.5 Å². The largest absolute Gasteiger partial charge is 0.328 e. The molecular weight excluding hydrogens is 394 g/mol. The monoisotopic (exact) mass is 403 g/mol. The van der Waals surface area contributed by atoms with Gasteiger partial charge in [0.1, 0.15) is 0 Å². The van der Waals surface area contributed by atoms with Crippen molar-refractivity contribution in [1.29, 1.82) is 0 Å². The summed E-state index contributed by atoms with van der Waals surface area (Å²) in [5.41, 5.74) is -3.16. The fourth-order valence-corrected chi connectivity index (χ4v) is 2.52. The number of non-ortho nitro benzene ring substituents is 1. The van der Waals surface area contributed by atoms with E-state index in [9.17, 15) is 38.9 Å². The fraction of sp³-hybridized carbons (Fsp3) is 0.143. The lowest BCUT2D eigenvalue weighted by Crippen LogP contribution is -2.64. The third kappa shape index (κ3) is 3.27. The second-order valence-corrected chi connectivity index (χ2v) is 5.68. The average molecular weight is 403 g/mol. The lowest BCUT2D eigenvalue weighted by atomic mass is 9.87. The molecule has 29 heavy (non-hydrogen) atoms. The number of imide groups is 4. The van der Waals surface area contributed by atoms with Crippen LogP contribution in [0.3, 0.4) is 0 Å². The zero-order chi connectivity index (χ0) is 21.3. The number of azo groups is 1. The number of hydrogen-bond acceptors (Lipinski definition) is 10. The van der Waals surface area contributed by atoms with Crippen molar-refractivity contribution in [2.75, 3.05) is 0 Å². The van der Waals surface area contributed by atoms with Crippen molar-refractivity contribution >= 4 is 41.4 Å². The number of nitro benzene ring substituents is 1. The minimum atomic E-state index is -2.56. The third-order valence-electron chi connectivity index (χ3n) is 3.90. The summed E-state index contributed by atoms with van der Waals surface area (Å²) in [6, 6.07) is -0.139. The summed E-state index contributed by atoms with van der Waals surface area (Å²) in [4.78, 5) is 81.2. The van der Waals surface area contributed by atoms with Crippen LogP contribution in [0.1, 0.15) is 5.56 Å². The Labute approximate surface area is 159 Å². The molecule has 0 saturated carbocycles. The quantitative estimate of drug-likeness (QED) is 0.197. The summed E-state index contributed by atoms with van der Waals surface area (Å²) in [6.07, 6.45) is 0. The van der Waals surface area contributed by atoms with E-state index in [1.807, 2.05) is 0 Å². The van der Waals surface area contributed by atoms with Crippen molar-refractivity contribution in [1.82, 2.24) is 21.3 Å². The number of barbiturate groups is 2. The summed E-state index contributed by atoms with van der Waals surface area (Å²) in [7, 11) is 0. The standard InChI is InChI=1S/C14H9N7O8/c22-8-7(9(23)16-12(26)15-8)19-20-14(10(24)17-13(27)18-11(14)25)5-1-3-6(4-2-5)21(28)29/h1-4,7H,(H2,15,16,22,23,26)(H2,17,18,24,25,27). The maximum Gasteiger partial charge on any atom is 0.328 e. The van der Waals surface area contributed by atoms with Gasteiger partial charge in [-0.15, -0.1) is 0 Å². The number of carbonyl (C=O) groups is 6. The maximum atomic E-state index is 12.5. The number of hydrogen-bond donors (Lipinski definition) is 4. The Morgan fingerprint density at radius 2 is 1.31 bits per heavy atom. The maximum absolute atomic E-state index is 12.5. The van der Waals surface area contributed by atoms with Gasteiger partial charge < -0.3 is 0 Å². The SMILES string of the molecule is O=C1NC(=O)C(N=NC2(c3ccc([N+](=O)[O-])cc3)C(=O)NC(=O)NC2=O)C(=O)N1. The Balaban J connectivity index is 2.07. The minimum Gasteiger partial charge on any atom is -0.275 e. The fourth-order valence-electron chi connectivity index (χ4n) is 2.52. The van der Waals surface area contributed by atoms with Gasteiger partial charge in [0.15, 0.2) is 0 Å². The molecule has 1 aromatic rings. The van der Waals surface area contributed by atoms with E-state index in [2.05, 4.69) is 10.2 Å². The van der Waals surface area contributed by atoms with Crippen LogP contribution in [0.2, 0.25) is 0 Å². The van der Waals surface area contributed by atoms with E-state index in [0.29, 0.717) is 0 Å². The number of nitrogens with one attached hydrogen (secondary N) is 4. The van der Waals surface area contributed by atoms with Gasteiger partial charge in [0.25, 0.3) is 34.9 Å². The molecule has 0 atom stereocenters. The normalized spacial score (nSPS) is 19.4. The van der Waals surface area contributed by atoms with E-state index in [0.717, 1.165) is 24.3 Å². The smallest absolute Gasteiger partial charge is 0.275 e. The molecule has 1 aromatic carbocycles. The molecule has 15 heteroatoms. The van der Waals surface area contributed by atoms with Gasteiger partial charge in [-0.1, -0.05) is 0 Å².